The molecule has 0 N–H and O–H groups in total. The maximum atomic E-state index is 6.23. The number of aromatic nitrogens is 2. The van der Waals surface area contributed by atoms with E-state index in [1.807, 2.05) is 48.5 Å². The van der Waals surface area contributed by atoms with Crippen molar-refractivity contribution in [2.45, 2.75) is 19.3 Å². The zero-order valence-electron chi connectivity index (χ0n) is 35.9. The number of nitrogens with zero attached hydrogens (tertiary/aromatic N) is 4. The van der Waals surface area contributed by atoms with Gasteiger partial charge in [-0.15, -0.1) is 0 Å². The van der Waals surface area contributed by atoms with E-state index in [-0.39, 0.29) is 5.41 Å². The third-order valence-corrected chi connectivity index (χ3v) is 12.7. The van der Waals surface area contributed by atoms with Gasteiger partial charge in [-0.3, -0.25) is 0 Å². The van der Waals surface area contributed by atoms with Gasteiger partial charge in [-0.25, -0.2) is 9.97 Å². The van der Waals surface area contributed by atoms with Crippen molar-refractivity contribution < 1.29 is 8.83 Å². The highest BCUT2D eigenvalue weighted by Crippen LogP contribution is 2.53. The highest BCUT2D eigenvalue weighted by Gasteiger charge is 2.37. The molecule has 2 aromatic heterocycles. The molecule has 310 valence electrons. The molecule has 1 aliphatic heterocycles. The average Bonchev–Trinajstić information content (AvgIpc) is 4.01. The van der Waals surface area contributed by atoms with Crippen molar-refractivity contribution in [3.05, 3.63) is 230 Å². The molecule has 0 aliphatic carbocycles. The van der Waals surface area contributed by atoms with E-state index in [0.717, 1.165) is 78.5 Å². The highest BCUT2D eigenvalue weighted by atomic mass is 16.4. The molecule has 1 aliphatic rings. The molecule has 65 heavy (non-hydrogen) atoms. The predicted molar refractivity (Wildman–Crippen MR) is 265 cm³/mol. The summed E-state index contributed by atoms with van der Waals surface area (Å²) in [5.41, 5.74) is 18.5. The Kier molecular flexibility index (Phi) is 9.05. The van der Waals surface area contributed by atoms with Gasteiger partial charge in [0, 0.05) is 39.3 Å². The minimum Gasteiger partial charge on any atom is -0.436 e. The number of rotatable bonds is 8. The van der Waals surface area contributed by atoms with Crippen molar-refractivity contribution in [1.29, 1.82) is 0 Å². The molecule has 0 unspecified atom stereocenters. The fourth-order valence-electron chi connectivity index (χ4n) is 9.37. The lowest BCUT2D eigenvalue weighted by molar-refractivity contribution is 0.615. The first kappa shape index (κ1) is 38.2. The van der Waals surface area contributed by atoms with Crippen LogP contribution in [-0.4, -0.2) is 9.97 Å². The topological polar surface area (TPSA) is 58.5 Å². The quantitative estimate of drug-likeness (QED) is 0.152. The molecule has 0 saturated heterocycles. The van der Waals surface area contributed by atoms with Crippen LogP contribution in [-0.2, 0) is 5.41 Å². The first-order chi connectivity index (χ1) is 31.9. The van der Waals surface area contributed by atoms with Crippen LogP contribution in [0.1, 0.15) is 25.0 Å². The maximum absolute atomic E-state index is 6.23. The summed E-state index contributed by atoms with van der Waals surface area (Å²) in [5.74, 6) is 1.23. The van der Waals surface area contributed by atoms with Gasteiger partial charge in [0.05, 0.1) is 11.4 Å². The summed E-state index contributed by atoms with van der Waals surface area (Å²) in [6.07, 6.45) is 0. The summed E-state index contributed by atoms with van der Waals surface area (Å²) in [6, 6.07) is 76.6. The molecule has 3 heterocycles. The van der Waals surface area contributed by atoms with Gasteiger partial charge >= 0.3 is 0 Å². The van der Waals surface area contributed by atoms with Crippen LogP contribution in [0.2, 0.25) is 0 Å². The molecular formula is C59H42N4O2. The third kappa shape index (κ3) is 6.75. The van der Waals surface area contributed by atoms with E-state index in [0.29, 0.717) is 11.8 Å². The Bertz CT molecular complexity index is 3450. The van der Waals surface area contributed by atoms with Crippen LogP contribution < -0.4 is 9.80 Å². The molecule has 0 saturated carbocycles. The normalized spacial score (nSPS) is 12.9. The van der Waals surface area contributed by atoms with E-state index in [9.17, 15) is 0 Å². The molecule has 0 amide bonds. The van der Waals surface area contributed by atoms with E-state index in [1.54, 1.807) is 0 Å². The molecule has 11 aromatic rings. The van der Waals surface area contributed by atoms with Crippen molar-refractivity contribution in [3.8, 4) is 45.2 Å². The Morgan fingerprint density at radius 1 is 0.385 bits per heavy atom. The van der Waals surface area contributed by atoms with Gasteiger partial charge in [0.1, 0.15) is 11.0 Å². The third-order valence-electron chi connectivity index (χ3n) is 12.7. The Morgan fingerprint density at radius 3 is 1.55 bits per heavy atom. The van der Waals surface area contributed by atoms with Gasteiger partial charge in [-0.2, -0.15) is 0 Å². The summed E-state index contributed by atoms with van der Waals surface area (Å²) in [6.45, 7) is 4.61. The van der Waals surface area contributed by atoms with Crippen LogP contribution in [0, 0.1) is 0 Å². The Labute approximate surface area is 377 Å². The largest absolute Gasteiger partial charge is 0.436 e. The number of fused-ring (bicyclic) bond motifs is 4. The zero-order valence-corrected chi connectivity index (χ0v) is 35.9. The summed E-state index contributed by atoms with van der Waals surface area (Å²) < 4.78 is 12.4. The van der Waals surface area contributed by atoms with Crippen molar-refractivity contribution in [1.82, 2.24) is 9.97 Å². The first-order valence-electron chi connectivity index (χ1n) is 22.0. The second kappa shape index (κ2) is 15.4. The molecule has 6 heteroatoms. The second-order valence-corrected chi connectivity index (χ2v) is 17.1. The monoisotopic (exact) mass is 838 g/mol. The van der Waals surface area contributed by atoms with Gasteiger partial charge in [0.15, 0.2) is 11.2 Å². The summed E-state index contributed by atoms with van der Waals surface area (Å²) in [4.78, 5) is 14.3. The van der Waals surface area contributed by atoms with Crippen LogP contribution in [0.4, 0.5) is 34.1 Å². The molecule has 0 spiro atoms. The lowest BCUT2D eigenvalue weighted by Gasteiger charge is -2.42. The van der Waals surface area contributed by atoms with Gasteiger partial charge in [-0.05, 0) is 143 Å². The Hall–Kier alpha value is -8.48. The molecule has 6 nitrogen and oxygen atoms in total. The Balaban J connectivity index is 0.880. The van der Waals surface area contributed by atoms with E-state index < -0.39 is 0 Å². The fourth-order valence-corrected chi connectivity index (χ4v) is 9.37. The van der Waals surface area contributed by atoms with Gasteiger partial charge < -0.3 is 18.6 Å². The average molecular weight is 839 g/mol. The SMILES string of the molecule is CC1(C)c2ccccc2N(c2ccc(-c3ccc(N(c4ccc(-c5nc6ccccc6o5)cc4)c4cccc(-c5ccccc5)c4)cc3)cc2)c2ccc(-c3nc4ccccc4o3)cc21. The van der Waals surface area contributed by atoms with Crippen LogP contribution in [0.3, 0.4) is 0 Å². The lowest BCUT2D eigenvalue weighted by Crippen LogP contribution is -2.30. The first-order valence-corrected chi connectivity index (χ1v) is 22.0. The minimum absolute atomic E-state index is 0.253. The van der Waals surface area contributed by atoms with Crippen LogP contribution >= 0.6 is 0 Å². The van der Waals surface area contributed by atoms with Gasteiger partial charge in [0.2, 0.25) is 11.8 Å². The minimum atomic E-state index is -0.253. The molecular weight excluding hydrogens is 797 g/mol. The van der Waals surface area contributed by atoms with Crippen LogP contribution in [0.15, 0.2) is 227 Å². The van der Waals surface area contributed by atoms with Crippen molar-refractivity contribution in [2.75, 3.05) is 9.80 Å². The number of oxazole rings is 2. The molecule has 0 atom stereocenters. The van der Waals surface area contributed by atoms with E-state index in [2.05, 4.69) is 194 Å². The smallest absolute Gasteiger partial charge is 0.227 e. The number of anilines is 6. The highest BCUT2D eigenvalue weighted by molar-refractivity contribution is 5.89. The van der Waals surface area contributed by atoms with Crippen molar-refractivity contribution >= 4 is 56.3 Å². The molecule has 0 bridgehead atoms. The van der Waals surface area contributed by atoms with Crippen molar-refractivity contribution in [2.24, 2.45) is 0 Å². The maximum Gasteiger partial charge on any atom is 0.227 e. The van der Waals surface area contributed by atoms with Crippen molar-refractivity contribution in [3.63, 3.8) is 0 Å². The molecule has 9 aromatic carbocycles. The molecule has 0 radical (unpaired) electrons. The van der Waals surface area contributed by atoms with E-state index in [1.165, 1.54) is 22.4 Å². The molecule has 0 fully saturated rings. The summed E-state index contributed by atoms with van der Waals surface area (Å²) in [7, 11) is 0. The molecule has 12 rings (SSSR count). The second-order valence-electron chi connectivity index (χ2n) is 17.1. The predicted octanol–water partition coefficient (Wildman–Crippen LogP) is 16.2. The van der Waals surface area contributed by atoms with Crippen LogP contribution in [0.25, 0.3) is 67.4 Å². The van der Waals surface area contributed by atoms with Gasteiger partial charge in [-0.1, -0.05) is 123 Å². The Morgan fingerprint density at radius 2 is 0.892 bits per heavy atom. The number of hydrogen-bond donors (Lipinski definition) is 0. The van der Waals surface area contributed by atoms with Gasteiger partial charge in [0.25, 0.3) is 0 Å². The summed E-state index contributed by atoms with van der Waals surface area (Å²) >= 11 is 0. The standard InChI is InChI=1S/C59H42N4O2/c1-59(2)49-17-6-9-20-53(49)63(54-36-29-44(38-50(54)59)58-61-52-19-8-11-22-56(52)65-58)47-32-25-41(26-33-47)40-23-30-45(31-24-40)62(48-16-12-15-43(37-48)39-13-4-3-5-14-39)46-34-27-42(28-35-46)57-60-51-18-7-10-21-55(51)64-57/h3-38H,1-2H3. The number of benzene rings is 9. The fraction of sp³-hybridized carbons (Fsp3) is 0.0508. The van der Waals surface area contributed by atoms with Crippen LogP contribution in [0.5, 0.6) is 0 Å². The van der Waals surface area contributed by atoms with E-state index >= 15 is 0 Å². The lowest BCUT2D eigenvalue weighted by atomic mass is 9.73. The van der Waals surface area contributed by atoms with E-state index in [4.69, 9.17) is 18.8 Å². The number of para-hydroxylation sites is 5. The zero-order chi connectivity index (χ0) is 43.5. The number of hydrogen-bond acceptors (Lipinski definition) is 6. The summed E-state index contributed by atoms with van der Waals surface area (Å²) in [5, 5.41) is 0.